The normalized spacial score (nSPS) is 19.3. The van der Waals surface area contributed by atoms with E-state index in [1.807, 2.05) is 0 Å². The summed E-state index contributed by atoms with van der Waals surface area (Å²) in [5, 5.41) is 7.01. The Kier molecular flexibility index (Phi) is 3.96. The number of amides is 4. The maximum atomic E-state index is 13.7. The quantitative estimate of drug-likeness (QED) is 0.746. The zero-order chi connectivity index (χ0) is 18.2. The van der Waals surface area contributed by atoms with E-state index in [9.17, 15) is 23.2 Å². The first-order chi connectivity index (χ1) is 11.8. The molecule has 0 aromatic heterocycles. The first kappa shape index (κ1) is 16.6. The molecule has 1 aliphatic rings. The summed E-state index contributed by atoms with van der Waals surface area (Å²) in [4.78, 5) is 35.5. The van der Waals surface area contributed by atoms with E-state index in [2.05, 4.69) is 16.0 Å². The van der Waals surface area contributed by atoms with Gasteiger partial charge in [0.15, 0.2) is 0 Å². The van der Waals surface area contributed by atoms with Crippen molar-refractivity contribution in [3.8, 4) is 0 Å². The van der Waals surface area contributed by atoms with E-state index < -0.39 is 40.6 Å². The predicted octanol–water partition coefficient (Wildman–Crippen LogP) is 2.27. The van der Waals surface area contributed by atoms with Crippen LogP contribution >= 0.6 is 0 Å². The molecule has 0 saturated carbocycles. The van der Waals surface area contributed by atoms with E-state index in [-0.39, 0.29) is 5.69 Å². The summed E-state index contributed by atoms with van der Waals surface area (Å²) in [5.41, 5.74) is -1.38. The lowest BCUT2D eigenvalue weighted by molar-refractivity contribution is -0.123. The SMILES string of the molecule is CC1(c2cccc(NC(=O)c3c(F)cccc3F)c2)NC(=O)NC1=O. The Morgan fingerprint density at radius 2 is 1.72 bits per heavy atom. The smallest absolute Gasteiger partial charge is 0.322 e. The fourth-order valence-electron chi connectivity index (χ4n) is 2.56. The molecule has 25 heavy (non-hydrogen) atoms. The van der Waals surface area contributed by atoms with E-state index in [1.54, 1.807) is 12.1 Å². The maximum Gasteiger partial charge on any atom is 0.322 e. The Morgan fingerprint density at radius 3 is 2.32 bits per heavy atom. The third kappa shape index (κ3) is 2.93. The Labute approximate surface area is 141 Å². The highest BCUT2D eigenvalue weighted by Gasteiger charge is 2.43. The number of halogens is 2. The first-order valence-corrected chi connectivity index (χ1v) is 7.31. The van der Waals surface area contributed by atoms with Gasteiger partial charge < -0.3 is 10.6 Å². The standard InChI is InChI=1S/C17H13F2N3O3/c1-17(15(24)21-16(25)22-17)9-4-2-5-10(8-9)20-14(23)13-11(18)6-3-7-12(13)19/h2-8H,1H3,(H,20,23)(H2,21,22,24,25). The Morgan fingerprint density at radius 1 is 1.08 bits per heavy atom. The number of carbonyl (C=O) groups is 3. The third-order valence-corrected chi connectivity index (χ3v) is 3.93. The second-order valence-electron chi connectivity index (χ2n) is 5.66. The van der Waals surface area contributed by atoms with Crippen LogP contribution in [-0.4, -0.2) is 17.8 Å². The summed E-state index contributed by atoms with van der Waals surface area (Å²) >= 11 is 0. The molecular formula is C17H13F2N3O3. The van der Waals surface area contributed by atoms with Crippen LogP contribution in [0.25, 0.3) is 0 Å². The molecule has 3 N–H and O–H groups in total. The van der Waals surface area contributed by atoms with Crippen molar-refractivity contribution in [2.45, 2.75) is 12.5 Å². The van der Waals surface area contributed by atoms with Crippen molar-refractivity contribution in [3.05, 3.63) is 65.2 Å². The largest absolute Gasteiger partial charge is 0.322 e. The monoisotopic (exact) mass is 345 g/mol. The zero-order valence-corrected chi connectivity index (χ0v) is 13.0. The van der Waals surface area contributed by atoms with Crippen molar-refractivity contribution in [1.82, 2.24) is 10.6 Å². The van der Waals surface area contributed by atoms with Crippen LogP contribution in [0.3, 0.4) is 0 Å². The molecule has 1 unspecified atom stereocenters. The number of nitrogens with one attached hydrogen (secondary N) is 3. The van der Waals surface area contributed by atoms with Crippen LogP contribution in [0.5, 0.6) is 0 Å². The molecule has 4 amide bonds. The van der Waals surface area contributed by atoms with Crippen molar-refractivity contribution in [2.24, 2.45) is 0 Å². The molecule has 128 valence electrons. The van der Waals surface area contributed by atoms with Gasteiger partial charge in [-0.2, -0.15) is 0 Å². The van der Waals surface area contributed by atoms with E-state index in [0.717, 1.165) is 18.2 Å². The molecule has 8 heteroatoms. The molecule has 0 radical (unpaired) electrons. The number of hydrogen-bond donors (Lipinski definition) is 3. The number of hydrogen-bond acceptors (Lipinski definition) is 3. The molecule has 0 aliphatic carbocycles. The molecule has 6 nitrogen and oxygen atoms in total. The minimum absolute atomic E-state index is 0.223. The highest BCUT2D eigenvalue weighted by Crippen LogP contribution is 2.27. The minimum Gasteiger partial charge on any atom is -0.322 e. The summed E-state index contributed by atoms with van der Waals surface area (Å²) in [6.07, 6.45) is 0. The van der Waals surface area contributed by atoms with Gasteiger partial charge in [-0.15, -0.1) is 0 Å². The molecule has 0 spiro atoms. The molecule has 1 aliphatic heterocycles. The Balaban J connectivity index is 1.89. The van der Waals surface area contributed by atoms with Crippen LogP contribution in [0.1, 0.15) is 22.8 Å². The lowest BCUT2D eigenvalue weighted by Gasteiger charge is -2.21. The van der Waals surface area contributed by atoms with E-state index >= 15 is 0 Å². The molecule has 1 fully saturated rings. The minimum atomic E-state index is -1.30. The lowest BCUT2D eigenvalue weighted by Crippen LogP contribution is -2.40. The Hall–Kier alpha value is -3.29. The summed E-state index contributed by atoms with van der Waals surface area (Å²) in [5.74, 6) is -3.47. The second-order valence-corrected chi connectivity index (χ2v) is 5.66. The van der Waals surface area contributed by atoms with Gasteiger partial charge in [0.1, 0.15) is 22.7 Å². The topological polar surface area (TPSA) is 87.3 Å². The van der Waals surface area contributed by atoms with Crippen LogP contribution in [0.2, 0.25) is 0 Å². The number of anilines is 1. The van der Waals surface area contributed by atoms with Crippen LogP contribution in [-0.2, 0) is 10.3 Å². The third-order valence-electron chi connectivity index (χ3n) is 3.93. The van der Waals surface area contributed by atoms with Gasteiger partial charge in [-0.05, 0) is 36.8 Å². The summed E-state index contributed by atoms with van der Waals surface area (Å²) in [7, 11) is 0. The van der Waals surface area contributed by atoms with Crippen molar-refractivity contribution in [1.29, 1.82) is 0 Å². The molecule has 1 atom stereocenters. The average molecular weight is 345 g/mol. The fraction of sp³-hybridized carbons (Fsp3) is 0.118. The lowest BCUT2D eigenvalue weighted by atomic mass is 9.92. The number of benzene rings is 2. The summed E-state index contributed by atoms with van der Waals surface area (Å²) in [6.45, 7) is 1.50. The van der Waals surface area contributed by atoms with Gasteiger partial charge in [0.2, 0.25) is 0 Å². The predicted molar refractivity (Wildman–Crippen MR) is 84.8 cm³/mol. The fourth-order valence-corrected chi connectivity index (χ4v) is 2.56. The van der Waals surface area contributed by atoms with Gasteiger partial charge in [-0.25, -0.2) is 13.6 Å². The maximum absolute atomic E-state index is 13.7. The van der Waals surface area contributed by atoms with Crippen molar-refractivity contribution < 1.29 is 23.2 Å². The van der Waals surface area contributed by atoms with Gasteiger partial charge in [0.25, 0.3) is 11.8 Å². The average Bonchev–Trinajstić information content (AvgIpc) is 2.81. The van der Waals surface area contributed by atoms with Crippen LogP contribution < -0.4 is 16.0 Å². The second kappa shape index (κ2) is 5.97. The van der Waals surface area contributed by atoms with Crippen molar-refractivity contribution >= 4 is 23.5 Å². The number of rotatable bonds is 3. The molecular weight excluding hydrogens is 332 g/mol. The van der Waals surface area contributed by atoms with Crippen molar-refractivity contribution in [3.63, 3.8) is 0 Å². The van der Waals surface area contributed by atoms with Gasteiger partial charge in [0.05, 0.1) is 0 Å². The van der Waals surface area contributed by atoms with Gasteiger partial charge in [-0.3, -0.25) is 14.9 Å². The molecule has 2 aromatic rings. The van der Waals surface area contributed by atoms with Crippen molar-refractivity contribution in [2.75, 3.05) is 5.32 Å². The highest BCUT2D eigenvalue weighted by atomic mass is 19.1. The van der Waals surface area contributed by atoms with Gasteiger partial charge in [0, 0.05) is 5.69 Å². The Bertz CT molecular complexity index is 880. The van der Waals surface area contributed by atoms with Gasteiger partial charge >= 0.3 is 6.03 Å². The number of imide groups is 1. The van der Waals surface area contributed by atoms with Crippen LogP contribution in [0.4, 0.5) is 19.3 Å². The number of carbonyl (C=O) groups excluding carboxylic acids is 3. The highest BCUT2D eigenvalue weighted by molar-refractivity contribution is 6.08. The first-order valence-electron chi connectivity index (χ1n) is 7.31. The van der Waals surface area contributed by atoms with E-state index in [4.69, 9.17) is 0 Å². The van der Waals surface area contributed by atoms with Crippen LogP contribution in [0.15, 0.2) is 42.5 Å². The molecule has 3 rings (SSSR count). The molecule has 2 aromatic carbocycles. The summed E-state index contributed by atoms with van der Waals surface area (Å²) in [6, 6.07) is 8.57. The number of urea groups is 1. The van der Waals surface area contributed by atoms with E-state index in [1.165, 1.54) is 19.1 Å². The molecule has 1 saturated heterocycles. The van der Waals surface area contributed by atoms with Gasteiger partial charge in [-0.1, -0.05) is 18.2 Å². The molecule has 1 heterocycles. The van der Waals surface area contributed by atoms with Crippen LogP contribution in [0, 0.1) is 11.6 Å². The zero-order valence-electron chi connectivity index (χ0n) is 13.0. The molecule has 0 bridgehead atoms. The van der Waals surface area contributed by atoms with E-state index in [0.29, 0.717) is 5.56 Å². The summed E-state index contributed by atoms with van der Waals surface area (Å²) < 4.78 is 27.4.